The fourth-order valence-corrected chi connectivity index (χ4v) is 1.66. The molecule has 1 amide bonds. The minimum Gasteiger partial charge on any atom is -0.466 e. The molecule has 0 bridgehead atoms. The van der Waals surface area contributed by atoms with Crippen molar-refractivity contribution < 1.29 is 14.3 Å². The molecule has 0 aromatic heterocycles. The molecular weight excluding hydrogens is 300 g/mol. The second-order valence-electron chi connectivity index (χ2n) is 3.55. The van der Waals surface area contributed by atoms with Gasteiger partial charge < -0.3 is 15.8 Å². The van der Waals surface area contributed by atoms with Gasteiger partial charge in [-0.15, -0.1) is 0 Å². The van der Waals surface area contributed by atoms with Crippen LogP contribution >= 0.6 is 15.9 Å². The molecule has 5 nitrogen and oxygen atoms in total. The Morgan fingerprint density at radius 1 is 1.44 bits per heavy atom. The van der Waals surface area contributed by atoms with E-state index in [1.54, 1.807) is 25.1 Å². The van der Waals surface area contributed by atoms with E-state index in [1.165, 1.54) is 0 Å². The summed E-state index contributed by atoms with van der Waals surface area (Å²) in [5.74, 6) is -0.573. The average Bonchev–Trinajstić information content (AvgIpc) is 2.33. The first-order valence-corrected chi connectivity index (χ1v) is 6.32. The third-order valence-corrected chi connectivity index (χ3v) is 2.87. The van der Waals surface area contributed by atoms with Crippen molar-refractivity contribution >= 4 is 33.5 Å². The van der Waals surface area contributed by atoms with Crippen molar-refractivity contribution in [2.75, 3.05) is 18.9 Å². The molecule has 18 heavy (non-hydrogen) atoms. The summed E-state index contributed by atoms with van der Waals surface area (Å²) in [5.41, 5.74) is 6.68. The van der Waals surface area contributed by atoms with Crippen molar-refractivity contribution in [3.8, 4) is 0 Å². The van der Waals surface area contributed by atoms with Crippen LogP contribution in [0.2, 0.25) is 0 Å². The van der Waals surface area contributed by atoms with Crippen molar-refractivity contribution in [1.82, 2.24) is 5.32 Å². The molecule has 1 rings (SSSR count). The van der Waals surface area contributed by atoms with Gasteiger partial charge in [0.25, 0.3) is 5.91 Å². The third-order valence-electron chi connectivity index (χ3n) is 2.18. The molecule has 98 valence electrons. The SMILES string of the molecule is CCOC(=O)CCNC(=O)c1ccc(N)c(Br)c1. The molecule has 0 unspecified atom stereocenters. The first-order valence-electron chi connectivity index (χ1n) is 5.53. The van der Waals surface area contributed by atoms with Crippen LogP contribution in [0.15, 0.2) is 22.7 Å². The Kier molecular flexibility index (Phi) is 5.64. The Hall–Kier alpha value is -1.56. The number of hydrogen-bond donors (Lipinski definition) is 2. The molecular formula is C12H15BrN2O3. The number of nitrogens with one attached hydrogen (secondary N) is 1. The van der Waals surface area contributed by atoms with Crippen molar-refractivity contribution in [2.45, 2.75) is 13.3 Å². The van der Waals surface area contributed by atoms with Crippen LogP contribution in [0.3, 0.4) is 0 Å². The Morgan fingerprint density at radius 3 is 2.78 bits per heavy atom. The standard InChI is InChI=1S/C12H15BrN2O3/c1-2-18-11(16)5-6-15-12(17)8-3-4-10(14)9(13)7-8/h3-4,7H,2,5-6,14H2,1H3,(H,15,17). The van der Waals surface area contributed by atoms with Crippen LogP contribution in [0.25, 0.3) is 0 Å². The van der Waals surface area contributed by atoms with Gasteiger partial charge in [0.05, 0.1) is 13.0 Å². The van der Waals surface area contributed by atoms with Gasteiger partial charge in [-0.1, -0.05) is 0 Å². The lowest BCUT2D eigenvalue weighted by molar-refractivity contribution is -0.142. The van der Waals surface area contributed by atoms with E-state index in [4.69, 9.17) is 10.5 Å². The number of benzene rings is 1. The van der Waals surface area contributed by atoms with Crippen molar-refractivity contribution in [3.63, 3.8) is 0 Å². The molecule has 0 saturated carbocycles. The molecule has 0 heterocycles. The van der Waals surface area contributed by atoms with E-state index >= 15 is 0 Å². The van der Waals surface area contributed by atoms with Crippen LogP contribution in [0.5, 0.6) is 0 Å². The average molecular weight is 315 g/mol. The third kappa shape index (κ3) is 4.37. The van der Waals surface area contributed by atoms with Crippen LogP contribution in [0.4, 0.5) is 5.69 Å². The summed E-state index contributed by atoms with van der Waals surface area (Å²) in [7, 11) is 0. The predicted molar refractivity (Wildman–Crippen MR) is 72.1 cm³/mol. The topological polar surface area (TPSA) is 81.4 Å². The summed E-state index contributed by atoms with van der Waals surface area (Å²) >= 11 is 3.25. The normalized spacial score (nSPS) is 9.89. The number of halogens is 1. The number of hydrogen-bond acceptors (Lipinski definition) is 4. The highest BCUT2D eigenvalue weighted by atomic mass is 79.9. The molecule has 0 saturated heterocycles. The van der Waals surface area contributed by atoms with Gasteiger partial charge in [0, 0.05) is 22.3 Å². The molecule has 1 aromatic rings. The molecule has 0 aliphatic rings. The number of carbonyl (C=O) groups is 2. The number of ether oxygens (including phenoxy) is 1. The number of carbonyl (C=O) groups excluding carboxylic acids is 2. The zero-order valence-corrected chi connectivity index (χ0v) is 11.6. The zero-order chi connectivity index (χ0) is 13.5. The maximum Gasteiger partial charge on any atom is 0.307 e. The lowest BCUT2D eigenvalue weighted by Gasteiger charge is -2.06. The molecule has 0 atom stereocenters. The smallest absolute Gasteiger partial charge is 0.307 e. The van der Waals surface area contributed by atoms with E-state index in [1.807, 2.05) is 0 Å². The molecule has 0 aliphatic carbocycles. The summed E-state index contributed by atoms with van der Waals surface area (Å²) in [6.45, 7) is 2.33. The highest BCUT2D eigenvalue weighted by Gasteiger charge is 2.08. The minimum absolute atomic E-state index is 0.162. The fourth-order valence-electron chi connectivity index (χ4n) is 1.28. The van der Waals surface area contributed by atoms with Crippen molar-refractivity contribution in [1.29, 1.82) is 0 Å². The van der Waals surface area contributed by atoms with Crippen LogP contribution in [-0.2, 0) is 9.53 Å². The van der Waals surface area contributed by atoms with Gasteiger partial charge in [0.1, 0.15) is 0 Å². The van der Waals surface area contributed by atoms with Gasteiger partial charge >= 0.3 is 5.97 Å². The van der Waals surface area contributed by atoms with E-state index in [0.29, 0.717) is 22.3 Å². The van der Waals surface area contributed by atoms with Gasteiger partial charge in [0.2, 0.25) is 0 Å². The second kappa shape index (κ2) is 7.00. The molecule has 1 aromatic carbocycles. The van der Waals surface area contributed by atoms with Gasteiger partial charge in [-0.2, -0.15) is 0 Å². The fraction of sp³-hybridized carbons (Fsp3) is 0.333. The number of rotatable bonds is 5. The van der Waals surface area contributed by atoms with Crippen molar-refractivity contribution in [3.05, 3.63) is 28.2 Å². The van der Waals surface area contributed by atoms with Crippen LogP contribution < -0.4 is 11.1 Å². The number of amides is 1. The Labute approximate surface area is 114 Å². The minimum atomic E-state index is -0.323. The monoisotopic (exact) mass is 314 g/mol. The van der Waals surface area contributed by atoms with E-state index in [2.05, 4.69) is 21.2 Å². The number of esters is 1. The quantitative estimate of drug-likeness (QED) is 0.640. The first-order chi connectivity index (χ1) is 8.54. The predicted octanol–water partition coefficient (Wildman–Crippen LogP) is 1.71. The van der Waals surface area contributed by atoms with E-state index in [0.717, 1.165) is 0 Å². The Bertz CT molecular complexity index is 449. The summed E-state index contributed by atoms with van der Waals surface area (Å²) in [6, 6.07) is 4.90. The maximum absolute atomic E-state index is 11.7. The van der Waals surface area contributed by atoms with Crippen LogP contribution in [0, 0.1) is 0 Å². The van der Waals surface area contributed by atoms with Crippen LogP contribution in [0.1, 0.15) is 23.7 Å². The summed E-state index contributed by atoms with van der Waals surface area (Å²) in [6.07, 6.45) is 0.162. The van der Waals surface area contributed by atoms with E-state index < -0.39 is 0 Å². The van der Waals surface area contributed by atoms with E-state index in [-0.39, 0.29) is 24.8 Å². The number of nitrogen functional groups attached to an aromatic ring is 1. The molecule has 6 heteroatoms. The number of nitrogens with two attached hydrogens (primary N) is 1. The van der Waals surface area contributed by atoms with Crippen LogP contribution in [-0.4, -0.2) is 25.0 Å². The Morgan fingerprint density at radius 2 is 2.17 bits per heavy atom. The molecule has 0 radical (unpaired) electrons. The lowest BCUT2D eigenvalue weighted by atomic mass is 10.2. The van der Waals surface area contributed by atoms with E-state index in [9.17, 15) is 9.59 Å². The van der Waals surface area contributed by atoms with Crippen molar-refractivity contribution in [2.24, 2.45) is 0 Å². The zero-order valence-electron chi connectivity index (χ0n) is 10.0. The summed E-state index contributed by atoms with van der Waals surface area (Å²) in [4.78, 5) is 22.8. The molecule has 3 N–H and O–H groups in total. The van der Waals surface area contributed by atoms with Gasteiger partial charge in [-0.25, -0.2) is 0 Å². The molecule has 0 aliphatic heterocycles. The maximum atomic E-state index is 11.7. The van der Waals surface area contributed by atoms with Gasteiger partial charge in [0.15, 0.2) is 0 Å². The largest absolute Gasteiger partial charge is 0.466 e. The first kappa shape index (κ1) is 14.5. The second-order valence-corrected chi connectivity index (χ2v) is 4.40. The molecule has 0 fully saturated rings. The highest BCUT2D eigenvalue weighted by Crippen LogP contribution is 2.20. The van der Waals surface area contributed by atoms with Gasteiger partial charge in [-0.3, -0.25) is 9.59 Å². The highest BCUT2D eigenvalue weighted by molar-refractivity contribution is 9.10. The molecule has 0 spiro atoms. The summed E-state index contributed by atoms with van der Waals surface area (Å²) < 4.78 is 5.42. The Balaban J connectivity index is 2.45. The van der Waals surface area contributed by atoms with Gasteiger partial charge in [-0.05, 0) is 41.1 Å². The lowest BCUT2D eigenvalue weighted by Crippen LogP contribution is -2.26. The summed E-state index contributed by atoms with van der Waals surface area (Å²) in [5, 5.41) is 2.63. The number of anilines is 1.